The van der Waals surface area contributed by atoms with E-state index in [1.54, 1.807) is 17.0 Å². The van der Waals surface area contributed by atoms with Crippen molar-refractivity contribution in [3.63, 3.8) is 0 Å². The maximum atomic E-state index is 15.6. The Morgan fingerprint density at radius 1 is 1.18 bits per heavy atom. The van der Waals surface area contributed by atoms with Crippen LogP contribution in [0, 0.1) is 5.82 Å². The summed E-state index contributed by atoms with van der Waals surface area (Å²) in [5.74, 6) is -0.229. The number of pyridine rings is 1. The molecular weight excluding hydrogens is 615 g/mol. The predicted molar refractivity (Wildman–Crippen MR) is 177 cm³/mol. The molecule has 2 aliphatic heterocycles. The number of benzene rings is 2. The molecule has 45 heavy (non-hydrogen) atoms. The average molecular weight is 647 g/mol. The molecule has 0 aliphatic carbocycles. The van der Waals surface area contributed by atoms with Crippen molar-refractivity contribution < 1.29 is 14.0 Å². The van der Waals surface area contributed by atoms with Crippen LogP contribution in [0.15, 0.2) is 64.8 Å². The Bertz CT molecular complexity index is 1930. The van der Waals surface area contributed by atoms with Crippen molar-refractivity contribution in [3.05, 3.63) is 82.0 Å². The van der Waals surface area contributed by atoms with Gasteiger partial charge < -0.3 is 15.1 Å². The number of halogens is 2. The van der Waals surface area contributed by atoms with Crippen molar-refractivity contribution in [3.8, 4) is 16.9 Å². The third kappa shape index (κ3) is 5.59. The van der Waals surface area contributed by atoms with E-state index in [0.717, 1.165) is 10.5 Å². The second-order valence-electron chi connectivity index (χ2n) is 11.4. The van der Waals surface area contributed by atoms with Gasteiger partial charge in [0.1, 0.15) is 11.6 Å². The van der Waals surface area contributed by atoms with E-state index in [4.69, 9.17) is 16.6 Å². The van der Waals surface area contributed by atoms with Crippen LogP contribution in [0.25, 0.3) is 28.0 Å². The van der Waals surface area contributed by atoms with E-state index in [2.05, 4.69) is 16.9 Å². The Morgan fingerprint density at radius 2 is 1.96 bits per heavy atom. The van der Waals surface area contributed by atoms with Crippen LogP contribution >= 0.6 is 23.4 Å². The van der Waals surface area contributed by atoms with Crippen molar-refractivity contribution in [1.82, 2.24) is 19.4 Å². The first-order valence-electron chi connectivity index (χ1n) is 14.7. The normalized spacial score (nSPS) is 16.8. The van der Waals surface area contributed by atoms with Gasteiger partial charge in [0.15, 0.2) is 5.65 Å². The molecule has 0 radical (unpaired) electrons. The van der Waals surface area contributed by atoms with Gasteiger partial charge in [-0.15, -0.1) is 11.8 Å². The quantitative estimate of drug-likeness (QED) is 0.272. The Balaban J connectivity index is 1.69. The molecule has 9 nitrogen and oxygen atoms in total. The number of hydrogen-bond donors (Lipinski definition) is 1. The molecule has 2 bridgehead atoms. The fourth-order valence-electron chi connectivity index (χ4n) is 6.00. The maximum Gasteiger partial charge on any atom is 0.355 e. The largest absolute Gasteiger partial charge is 0.355 e. The molecule has 2 amide bonds. The first-order valence-corrected chi connectivity index (χ1v) is 16.1. The van der Waals surface area contributed by atoms with Gasteiger partial charge in [0.2, 0.25) is 11.8 Å². The summed E-state index contributed by atoms with van der Waals surface area (Å²) in [6, 6.07) is 11.7. The molecule has 0 saturated carbocycles. The number of piperazine rings is 1. The van der Waals surface area contributed by atoms with Gasteiger partial charge in [0.25, 0.3) is 0 Å². The smallest absolute Gasteiger partial charge is 0.350 e. The summed E-state index contributed by atoms with van der Waals surface area (Å²) >= 11 is 8.36. The molecule has 4 heterocycles. The lowest BCUT2D eigenvalue weighted by Gasteiger charge is -2.40. The monoisotopic (exact) mass is 646 g/mol. The Morgan fingerprint density at radius 3 is 2.69 bits per heavy atom. The van der Waals surface area contributed by atoms with E-state index in [9.17, 15) is 14.4 Å². The number of carbonyl (C=O) groups excluding carboxylic acids is 2. The zero-order valence-corrected chi connectivity index (χ0v) is 26.7. The van der Waals surface area contributed by atoms with Crippen LogP contribution < -0.4 is 15.9 Å². The molecule has 4 aromatic rings. The van der Waals surface area contributed by atoms with Crippen molar-refractivity contribution in [2.45, 2.75) is 44.0 Å². The Hall–Kier alpha value is -4.22. The second kappa shape index (κ2) is 12.3. The number of carbonyl (C=O) groups is 2. The molecule has 232 valence electrons. The number of anilines is 2. The molecule has 1 atom stereocenters. The lowest BCUT2D eigenvalue weighted by Crippen LogP contribution is -2.54. The summed E-state index contributed by atoms with van der Waals surface area (Å²) in [5, 5.41) is 3.47. The van der Waals surface area contributed by atoms with Gasteiger partial charge in [-0.05, 0) is 48.7 Å². The molecule has 6 rings (SSSR count). The van der Waals surface area contributed by atoms with E-state index in [0.29, 0.717) is 42.3 Å². The fourth-order valence-corrected chi connectivity index (χ4v) is 7.27. The topological polar surface area (TPSA) is 100 Å². The SMILES string of the molecule is C=CC(=O)N1CCN(c2nc(=O)n3c4nc(c(Cl)cc24)-c2c(F)cccc2NC(=O)CCSc2cccc(C(C)C)c2-3)[C@@H](C)C1. The van der Waals surface area contributed by atoms with E-state index in [-0.39, 0.29) is 57.8 Å². The summed E-state index contributed by atoms with van der Waals surface area (Å²) in [6.45, 7) is 10.9. The molecule has 1 N–H and O–H groups in total. The number of fused-ring (bicyclic) bond motifs is 5. The number of amides is 2. The molecule has 0 spiro atoms. The van der Waals surface area contributed by atoms with Crippen molar-refractivity contribution in [1.29, 1.82) is 0 Å². The number of thioether (sulfide) groups is 1. The van der Waals surface area contributed by atoms with Crippen LogP contribution in [0.5, 0.6) is 0 Å². The number of hydrogen-bond acceptors (Lipinski definition) is 7. The van der Waals surface area contributed by atoms with Gasteiger partial charge in [0, 0.05) is 42.7 Å². The number of nitrogens with zero attached hydrogens (tertiary/aromatic N) is 5. The average Bonchev–Trinajstić information content (AvgIpc) is 3.01. The van der Waals surface area contributed by atoms with Crippen LogP contribution in [-0.4, -0.2) is 62.7 Å². The molecule has 2 aromatic carbocycles. The molecule has 0 unspecified atom stereocenters. The molecule has 2 aromatic heterocycles. The minimum Gasteiger partial charge on any atom is -0.350 e. The van der Waals surface area contributed by atoms with Crippen LogP contribution in [0.4, 0.5) is 15.9 Å². The highest BCUT2D eigenvalue weighted by Crippen LogP contribution is 2.40. The van der Waals surface area contributed by atoms with Crippen molar-refractivity contribution in [2.75, 3.05) is 35.6 Å². The third-order valence-electron chi connectivity index (χ3n) is 8.17. The summed E-state index contributed by atoms with van der Waals surface area (Å²) in [6.07, 6.45) is 1.45. The summed E-state index contributed by atoms with van der Waals surface area (Å²) in [7, 11) is 0. The third-order valence-corrected chi connectivity index (χ3v) is 9.51. The van der Waals surface area contributed by atoms with E-state index in [1.807, 2.05) is 43.9 Å². The highest BCUT2D eigenvalue weighted by atomic mass is 35.5. The standard InChI is InChI=1S/C33H32ClFN6O3S/c1-5-27(43)39-13-14-40(19(4)17-39)31-21-16-22(34)29-28-23(35)9-7-10-24(28)36-26(42)12-15-45-25-11-6-8-20(18(2)3)30(25)41(32(21)37-29)33(44)38-31/h5-11,16,18-19H,1,12-15,17H2,2-4H3,(H,36,42)/t19-/m0/s1. The van der Waals surface area contributed by atoms with Gasteiger partial charge in [-0.2, -0.15) is 4.98 Å². The lowest BCUT2D eigenvalue weighted by molar-refractivity contribution is -0.126. The van der Waals surface area contributed by atoms with Gasteiger partial charge in [-0.25, -0.2) is 18.7 Å². The Kier molecular flexibility index (Phi) is 8.41. The molecule has 2 aliphatic rings. The van der Waals surface area contributed by atoms with Gasteiger partial charge in [0.05, 0.1) is 33.0 Å². The highest BCUT2D eigenvalue weighted by Gasteiger charge is 2.31. The first-order chi connectivity index (χ1) is 21.6. The predicted octanol–water partition coefficient (Wildman–Crippen LogP) is 6.02. The number of aromatic nitrogens is 3. The number of para-hydroxylation sites is 1. The molecule has 1 saturated heterocycles. The minimum atomic E-state index is -0.617. The summed E-state index contributed by atoms with van der Waals surface area (Å²) in [5.41, 5.74) is 1.58. The van der Waals surface area contributed by atoms with Gasteiger partial charge in [-0.3, -0.25) is 9.59 Å². The second-order valence-corrected chi connectivity index (χ2v) is 13.0. The zero-order chi connectivity index (χ0) is 32.0. The number of nitrogens with one attached hydrogen (secondary N) is 1. The van der Waals surface area contributed by atoms with Crippen LogP contribution in [-0.2, 0) is 9.59 Å². The molecule has 1 fully saturated rings. The number of rotatable bonds is 3. The van der Waals surface area contributed by atoms with E-state index >= 15 is 4.39 Å². The van der Waals surface area contributed by atoms with Crippen LogP contribution in [0.3, 0.4) is 0 Å². The maximum absolute atomic E-state index is 15.6. The fraction of sp³-hybridized carbons (Fsp3) is 0.303. The van der Waals surface area contributed by atoms with Gasteiger partial charge in [-0.1, -0.05) is 50.2 Å². The van der Waals surface area contributed by atoms with Crippen LogP contribution in [0.1, 0.15) is 38.7 Å². The molecule has 12 heteroatoms. The summed E-state index contributed by atoms with van der Waals surface area (Å²) in [4.78, 5) is 53.7. The van der Waals surface area contributed by atoms with Crippen molar-refractivity contribution >= 4 is 57.7 Å². The molecular formula is C33H32ClFN6O3S. The lowest BCUT2D eigenvalue weighted by atomic mass is 10.0. The highest BCUT2D eigenvalue weighted by molar-refractivity contribution is 7.99. The Labute approximate surface area is 269 Å². The minimum absolute atomic E-state index is 0.0293. The van der Waals surface area contributed by atoms with Crippen molar-refractivity contribution in [2.24, 2.45) is 0 Å². The van der Waals surface area contributed by atoms with E-state index < -0.39 is 11.5 Å². The van der Waals surface area contributed by atoms with Crippen LogP contribution in [0.2, 0.25) is 5.02 Å². The first kappa shape index (κ1) is 30.8. The summed E-state index contributed by atoms with van der Waals surface area (Å²) < 4.78 is 17.1. The zero-order valence-electron chi connectivity index (χ0n) is 25.1. The van der Waals surface area contributed by atoms with Gasteiger partial charge >= 0.3 is 5.69 Å². The van der Waals surface area contributed by atoms with E-state index in [1.165, 1.54) is 34.5 Å².